The van der Waals surface area contributed by atoms with Gasteiger partial charge in [-0.25, -0.2) is 8.78 Å². The van der Waals surface area contributed by atoms with Crippen LogP contribution in [0.25, 0.3) is 0 Å². The van der Waals surface area contributed by atoms with E-state index in [1.165, 1.54) is 13.0 Å². The quantitative estimate of drug-likeness (QED) is 0.908. The molecular formula is C16H14ClF2NO2. The largest absolute Gasteiger partial charge is 0.479 e. The fraction of sp³-hybridized carbons (Fsp3) is 0.188. The Balaban J connectivity index is 2.11. The zero-order valence-corrected chi connectivity index (χ0v) is 12.7. The first-order valence-electron chi connectivity index (χ1n) is 6.56. The third-order valence-electron chi connectivity index (χ3n) is 2.97. The number of carbonyl (C=O) groups excluding carboxylic acids is 1. The van der Waals surface area contributed by atoms with E-state index < -0.39 is 29.3 Å². The maximum absolute atomic E-state index is 13.5. The molecule has 1 N–H and O–H groups in total. The molecule has 116 valence electrons. The molecule has 2 aromatic carbocycles. The Kier molecular flexibility index (Phi) is 4.98. The van der Waals surface area contributed by atoms with E-state index in [1.54, 1.807) is 18.2 Å². The van der Waals surface area contributed by atoms with Gasteiger partial charge in [0.2, 0.25) is 0 Å². The molecule has 1 atom stereocenters. The summed E-state index contributed by atoms with van der Waals surface area (Å²) in [7, 11) is 0. The van der Waals surface area contributed by atoms with Crippen LogP contribution in [0.4, 0.5) is 14.5 Å². The van der Waals surface area contributed by atoms with Gasteiger partial charge in [-0.1, -0.05) is 23.7 Å². The molecule has 2 aromatic rings. The summed E-state index contributed by atoms with van der Waals surface area (Å²) in [4.78, 5) is 12.0. The van der Waals surface area contributed by atoms with Crippen LogP contribution in [0.15, 0.2) is 36.4 Å². The fourth-order valence-electron chi connectivity index (χ4n) is 1.79. The van der Waals surface area contributed by atoms with Crippen molar-refractivity contribution in [3.05, 3.63) is 58.6 Å². The Morgan fingerprint density at radius 3 is 2.50 bits per heavy atom. The third kappa shape index (κ3) is 3.74. The highest BCUT2D eigenvalue weighted by Crippen LogP contribution is 2.26. The molecule has 1 unspecified atom stereocenters. The van der Waals surface area contributed by atoms with Crippen molar-refractivity contribution in [1.82, 2.24) is 0 Å². The van der Waals surface area contributed by atoms with Crippen molar-refractivity contribution in [1.29, 1.82) is 0 Å². The lowest BCUT2D eigenvalue weighted by Crippen LogP contribution is -2.31. The van der Waals surface area contributed by atoms with Gasteiger partial charge in [0, 0.05) is 0 Å². The number of benzene rings is 2. The molecule has 0 saturated heterocycles. The summed E-state index contributed by atoms with van der Waals surface area (Å²) in [6, 6.07) is 8.45. The zero-order chi connectivity index (χ0) is 16.3. The number of amides is 1. The minimum Gasteiger partial charge on any atom is -0.479 e. The SMILES string of the molecule is Cc1ccc(Cl)c(OC(C)C(=O)Nc2c(F)cccc2F)c1. The summed E-state index contributed by atoms with van der Waals surface area (Å²) in [6.07, 6.45) is -0.974. The Morgan fingerprint density at radius 1 is 1.23 bits per heavy atom. The number of nitrogens with one attached hydrogen (secondary N) is 1. The van der Waals surface area contributed by atoms with E-state index in [1.807, 2.05) is 6.92 Å². The molecule has 0 aromatic heterocycles. The molecule has 0 saturated carbocycles. The van der Waals surface area contributed by atoms with Crippen molar-refractivity contribution < 1.29 is 18.3 Å². The summed E-state index contributed by atoms with van der Waals surface area (Å²) in [5, 5.41) is 2.52. The van der Waals surface area contributed by atoms with Crippen LogP contribution in [0.3, 0.4) is 0 Å². The monoisotopic (exact) mass is 325 g/mol. The van der Waals surface area contributed by atoms with Gasteiger partial charge in [-0.15, -0.1) is 0 Å². The smallest absolute Gasteiger partial charge is 0.265 e. The number of aryl methyl sites for hydroxylation is 1. The van der Waals surface area contributed by atoms with Gasteiger partial charge >= 0.3 is 0 Å². The van der Waals surface area contributed by atoms with Gasteiger partial charge in [-0.3, -0.25) is 4.79 Å². The molecule has 1 amide bonds. The van der Waals surface area contributed by atoms with Crippen LogP contribution in [-0.4, -0.2) is 12.0 Å². The third-order valence-corrected chi connectivity index (χ3v) is 3.28. The van der Waals surface area contributed by atoms with Crippen molar-refractivity contribution in [3.8, 4) is 5.75 Å². The molecule has 3 nitrogen and oxygen atoms in total. The van der Waals surface area contributed by atoms with Crippen molar-refractivity contribution in [2.24, 2.45) is 0 Å². The average Bonchev–Trinajstić information content (AvgIpc) is 2.46. The zero-order valence-electron chi connectivity index (χ0n) is 12.0. The van der Waals surface area contributed by atoms with Crippen molar-refractivity contribution in [2.45, 2.75) is 20.0 Å². The summed E-state index contributed by atoms with van der Waals surface area (Å²) >= 11 is 5.98. The summed E-state index contributed by atoms with van der Waals surface area (Å²) < 4.78 is 32.5. The van der Waals surface area contributed by atoms with E-state index in [4.69, 9.17) is 16.3 Å². The molecule has 6 heteroatoms. The lowest BCUT2D eigenvalue weighted by atomic mass is 10.2. The number of rotatable bonds is 4. The van der Waals surface area contributed by atoms with E-state index in [0.29, 0.717) is 10.8 Å². The lowest BCUT2D eigenvalue weighted by Gasteiger charge is -2.16. The van der Waals surface area contributed by atoms with Crippen molar-refractivity contribution >= 4 is 23.2 Å². The van der Waals surface area contributed by atoms with E-state index in [9.17, 15) is 13.6 Å². The topological polar surface area (TPSA) is 38.3 Å². The van der Waals surface area contributed by atoms with Crippen LogP contribution in [0.1, 0.15) is 12.5 Å². The highest BCUT2D eigenvalue weighted by atomic mass is 35.5. The molecule has 0 spiro atoms. The highest BCUT2D eigenvalue weighted by Gasteiger charge is 2.19. The Hall–Kier alpha value is -2.14. The molecular weight excluding hydrogens is 312 g/mol. The number of halogens is 3. The number of anilines is 1. The standard InChI is InChI=1S/C16H14ClF2NO2/c1-9-6-7-11(17)14(8-9)22-10(2)16(21)20-15-12(18)4-3-5-13(15)19/h3-8,10H,1-2H3,(H,20,21). The fourth-order valence-corrected chi connectivity index (χ4v) is 1.95. The minimum absolute atomic E-state index is 0.332. The molecule has 2 rings (SSSR count). The average molecular weight is 326 g/mol. The van der Waals surface area contributed by atoms with Crippen molar-refractivity contribution in [2.75, 3.05) is 5.32 Å². The van der Waals surface area contributed by atoms with Crippen LogP contribution in [0.5, 0.6) is 5.75 Å². The highest BCUT2D eigenvalue weighted by molar-refractivity contribution is 6.32. The lowest BCUT2D eigenvalue weighted by molar-refractivity contribution is -0.122. The first-order chi connectivity index (χ1) is 10.4. The van der Waals surface area contributed by atoms with Crippen LogP contribution < -0.4 is 10.1 Å². The first-order valence-corrected chi connectivity index (χ1v) is 6.94. The summed E-state index contributed by atoms with van der Waals surface area (Å²) in [5.74, 6) is -2.05. The van der Waals surface area contributed by atoms with E-state index in [-0.39, 0.29) is 0 Å². The maximum atomic E-state index is 13.5. The van der Waals surface area contributed by atoms with Crippen LogP contribution >= 0.6 is 11.6 Å². The Labute approximate surface area is 131 Å². The molecule has 0 bridgehead atoms. The van der Waals surface area contributed by atoms with Crippen LogP contribution in [0.2, 0.25) is 5.02 Å². The predicted molar refractivity (Wildman–Crippen MR) is 81.3 cm³/mol. The van der Waals surface area contributed by atoms with Gasteiger partial charge in [0.25, 0.3) is 5.91 Å². The second-order valence-electron chi connectivity index (χ2n) is 4.78. The van der Waals surface area contributed by atoms with Gasteiger partial charge < -0.3 is 10.1 Å². The minimum atomic E-state index is -0.974. The van der Waals surface area contributed by atoms with Gasteiger partial charge in [0.1, 0.15) is 23.1 Å². The predicted octanol–water partition coefficient (Wildman–Crippen LogP) is 4.33. The molecule has 0 radical (unpaired) electrons. The molecule has 0 fully saturated rings. The second-order valence-corrected chi connectivity index (χ2v) is 5.19. The van der Waals surface area contributed by atoms with Gasteiger partial charge in [-0.2, -0.15) is 0 Å². The molecule has 22 heavy (non-hydrogen) atoms. The van der Waals surface area contributed by atoms with E-state index in [2.05, 4.69) is 5.32 Å². The number of hydrogen-bond acceptors (Lipinski definition) is 2. The van der Waals surface area contributed by atoms with E-state index >= 15 is 0 Å². The van der Waals surface area contributed by atoms with Gasteiger partial charge in [-0.05, 0) is 43.7 Å². The Bertz CT molecular complexity index is 686. The Morgan fingerprint density at radius 2 is 1.86 bits per heavy atom. The molecule has 0 aliphatic heterocycles. The number of hydrogen-bond donors (Lipinski definition) is 1. The normalized spacial score (nSPS) is 11.9. The maximum Gasteiger partial charge on any atom is 0.265 e. The van der Waals surface area contributed by atoms with E-state index in [0.717, 1.165) is 17.7 Å². The van der Waals surface area contributed by atoms with Crippen molar-refractivity contribution in [3.63, 3.8) is 0 Å². The van der Waals surface area contributed by atoms with Gasteiger partial charge in [0.05, 0.1) is 5.02 Å². The molecule has 0 aliphatic carbocycles. The molecule has 0 heterocycles. The number of ether oxygens (including phenoxy) is 1. The summed E-state index contributed by atoms with van der Waals surface area (Å²) in [5.41, 5.74) is 0.408. The first kappa shape index (κ1) is 16.2. The molecule has 0 aliphatic rings. The summed E-state index contributed by atoms with van der Waals surface area (Å²) in [6.45, 7) is 3.31. The van der Waals surface area contributed by atoms with Crippen LogP contribution in [0, 0.1) is 18.6 Å². The van der Waals surface area contributed by atoms with Crippen LogP contribution in [-0.2, 0) is 4.79 Å². The second kappa shape index (κ2) is 6.75. The number of para-hydroxylation sites is 1. The van der Waals surface area contributed by atoms with Gasteiger partial charge in [0.15, 0.2) is 6.10 Å². The number of carbonyl (C=O) groups is 1.